The molecule has 2 heterocycles. The van der Waals surface area contributed by atoms with Crippen molar-refractivity contribution in [1.82, 2.24) is 19.4 Å². The largest absolute Gasteiger partial charge is 0.330 e. The molecule has 1 saturated heterocycles. The number of carbonyl (C=O) groups is 1. The summed E-state index contributed by atoms with van der Waals surface area (Å²) < 4.78 is 2.18. The number of rotatable bonds is 6. The van der Waals surface area contributed by atoms with Crippen LogP contribution in [0.2, 0.25) is 0 Å². The highest BCUT2D eigenvalue weighted by Gasteiger charge is 2.20. The van der Waals surface area contributed by atoms with Gasteiger partial charge >= 0.3 is 0 Å². The molecule has 0 bridgehead atoms. The molecule has 0 atom stereocenters. The van der Waals surface area contributed by atoms with Gasteiger partial charge < -0.3 is 9.88 Å². The highest BCUT2D eigenvalue weighted by Crippen LogP contribution is 2.16. The van der Waals surface area contributed by atoms with Crippen LogP contribution in [-0.4, -0.2) is 58.0 Å². The standard InChI is InChI=1S/C23H29N5O/c1-3-18-8-10-19(11-9-18)24-23(29)17-28-14-12-27(13-15-28)16-22-25-20-6-4-5-7-21(20)26(22)2/h4-11H,3,12-17H2,1-2H3,(H,24,29). The molecule has 1 aliphatic heterocycles. The van der Waals surface area contributed by atoms with Gasteiger partial charge in [-0.2, -0.15) is 0 Å². The summed E-state index contributed by atoms with van der Waals surface area (Å²) in [5, 5.41) is 3.01. The van der Waals surface area contributed by atoms with Crippen LogP contribution in [0, 0.1) is 0 Å². The number of anilines is 1. The maximum Gasteiger partial charge on any atom is 0.238 e. The molecular formula is C23H29N5O. The van der Waals surface area contributed by atoms with E-state index in [9.17, 15) is 4.79 Å². The molecule has 4 rings (SSSR count). The predicted molar refractivity (Wildman–Crippen MR) is 117 cm³/mol. The summed E-state index contributed by atoms with van der Waals surface area (Å²) in [7, 11) is 2.08. The van der Waals surface area contributed by atoms with E-state index < -0.39 is 0 Å². The highest BCUT2D eigenvalue weighted by atomic mass is 16.2. The topological polar surface area (TPSA) is 53.4 Å². The molecule has 1 N–H and O–H groups in total. The molecule has 0 radical (unpaired) electrons. The van der Waals surface area contributed by atoms with Gasteiger partial charge in [-0.25, -0.2) is 4.98 Å². The SMILES string of the molecule is CCc1ccc(NC(=O)CN2CCN(Cc3nc4ccccc4n3C)CC2)cc1. The van der Waals surface area contributed by atoms with Crippen LogP contribution in [-0.2, 0) is 24.8 Å². The third kappa shape index (κ3) is 4.66. The summed E-state index contributed by atoms with van der Waals surface area (Å²) in [4.78, 5) is 21.8. The Morgan fingerprint density at radius 1 is 1.00 bits per heavy atom. The Kier molecular flexibility index (Phi) is 5.92. The van der Waals surface area contributed by atoms with Crippen molar-refractivity contribution in [2.75, 3.05) is 38.0 Å². The Balaban J connectivity index is 1.26. The molecule has 2 aromatic carbocycles. The van der Waals surface area contributed by atoms with Crippen LogP contribution in [0.15, 0.2) is 48.5 Å². The Bertz CT molecular complexity index is 971. The molecule has 6 heteroatoms. The Labute approximate surface area is 172 Å². The van der Waals surface area contributed by atoms with Crippen molar-refractivity contribution in [1.29, 1.82) is 0 Å². The number of hydrogen-bond donors (Lipinski definition) is 1. The minimum Gasteiger partial charge on any atom is -0.330 e. The fourth-order valence-corrected chi connectivity index (χ4v) is 3.87. The van der Waals surface area contributed by atoms with E-state index in [1.54, 1.807) is 0 Å². The van der Waals surface area contributed by atoms with Crippen LogP contribution in [0.1, 0.15) is 18.3 Å². The smallest absolute Gasteiger partial charge is 0.238 e. The van der Waals surface area contributed by atoms with E-state index in [-0.39, 0.29) is 5.91 Å². The molecule has 3 aromatic rings. The van der Waals surface area contributed by atoms with E-state index in [1.165, 1.54) is 11.1 Å². The predicted octanol–water partition coefficient (Wildman–Crippen LogP) is 2.89. The number of piperazine rings is 1. The minimum absolute atomic E-state index is 0.0537. The lowest BCUT2D eigenvalue weighted by atomic mass is 10.1. The normalized spacial score (nSPS) is 15.7. The monoisotopic (exact) mass is 391 g/mol. The van der Waals surface area contributed by atoms with Crippen molar-refractivity contribution in [2.45, 2.75) is 19.9 Å². The number of para-hydroxylation sites is 2. The summed E-state index contributed by atoms with van der Waals surface area (Å²) >= 11 is 0. The van der Waals surface area contributed by atoms with Gasteiger partial charge in [0.1, 0.15) is 5.82 Å². The molecule has 152 valence electrons. The van der Waals surface area contributed by atoms with Gasteiger partial charge in [-0.1, -0.05) is 31.2 Å². The van der Waals surface area contributed by atoms with Crippen molar-refractivity contribution in [3.8, 4) is 0 Å². The van der Waals surface area contributed by atoms with E-state index in [4.69, 9.17) is 4.98 Å². The fourth-order valence-electron chi connectivity index (χ4n) is 3.87. The van der Waals surface area contributed by atoms with Crippen LogP contribution in [0.25, 0.3) is 11.0 Å². The molecular weight excluding hydrogens is 362 g/mol. The maximum absolute atomic E-state index is 12.4. The fraction of sp³-hybridized carbons (Fsp3) is 0.391. The molecule has 6 nitrogen and oxygen atoms in total. The first kappa shape index (κ1) is 19.6. The summed E-state index contributed by atoms with van der Waals surface area (Å²) in [5.74, 6) is 1.14. The number of aryl methyl sites for hydroxylation is 2. The third-order valence-corrected chi connectivity index (χ3v) is 5.72. The van der Waals surface area contributed by atoms with Gasteiger partial charge in [0, 0.05) is 38.9 Å². The second-order valence-electron chi connectivity index (χ2n) is 7.73. The van der Waals surface area contributed by atoms with E-state index in [1.807, 2.05) is 18.2 Å². The van der Waals surface area contributed by atoms with Gasteiger partial charge in [-0.05, 0) is 36.2 Å². The van der Waals surface area contributed by atoms with Gasteiger partial charge in [0.2, 0.25) is 5.91 Å². The molecule has 1 amide bonds. The lowest BCUT2D eigenvalue weighted by molar-refractivity contribution is -0.117. The average Bonchev–Trinajstić information content (AvgIpc) is 3.05. The van der Waals surface area contributed by atoms with Gasteiger partial charge in [-0.15, -0.1) is 0 Å². The van der Waals surface area contributed by atoms with Crippen LogP contribution < -0.4 is 5.32 Å². The number of carbonyl (C=O) groups excluding carboxylic acids is 1. The van der Waals surface area contributed by atoms with Crippen LogP contribution >= 0.6 is 0 Å². The number of nitrogens with one attached hydrogen (secondary N) is 1. The van der Waals surface area contributed by atoms with Crippen molar-refractivity contribution in [3.05, 3.63) is 59.9 Å². The lowest BCUT2D eigenvalue weighted by Gasteiger charge is -2.34. The highest BCUT2D eigenvalue weighted by molar-refractivity contribution is 5.92. The van der Waals surface area contributed by atoms with Crippen LogP contribution in [0.3, 0.4) is 0 Å². The first-order chi connectivity index (χ1) is 14.1. The van der Waals surface area contributed by atoms with Crippen molar-refractivity contribution < 1.29 is 4.79 Å². The first-order valence-electron chi connectivity index (χ1n) is 10.4. The molecule has 29 heavy (non-hydrogen) atoms. The molecule has 0 spiro atoms. The van der Waals surface area contributed by atoms with Crippen molar-refractivity contribution in [3.63, 3.8) is 0 Å². The number of fused-ring (bicyclic) bond motifs is 1. The lowest BCUT2D eigenvalue weighted by Crippen LogP contribution is -2.48. The summed E-state index contributed by atoms with van der Waals surface area (Å²) in [6.07, 6.45) is 1.01. The number of aromatic nitrogens is 2. The summed E-state index contributed by atoms with van der Waals surface area (Å²) in [5.41, 5.74) is 4.37. The third-order valence-electron chi connectivity index (χ3n) is 5.72. The first-order valence-corrected chi connectivity index (χ1v) is 10.4. The zero-order chi connectivity index (χ0) is 20.2. The molecule has 0 unspecified atom stereocenters. The quantitative estimate of drug-likeness (QED) is 0.702. The van der Waals surface area contributed by atoms with Crippen LogP contribution in [0.4, 0.5) is 5.69 Å². The minimum atomic E-state index is 0.0537. The maximum atomic E-state index is 12.4. The second kappa shape index (κ2) is 8.76. The number of benzene rings is 2. The van der Waals surface area contributed by atoms with Gasteiger partial charge in [0.15, 0.2) is 0 Å². The molecule has 0 saturated carbocycles. The summed E-state index contributed by atoms with van der Waals surface area (Å²) in [6, 6.07) is 16.3. The molecule has 1 aliphatic rings. The molecule has 0 aliphatic carbocycles. The van der Waals surface area contributed by atoms with E-state index >= 15 is 0 Å². The summed E-state index contributed by atoms with van der Waals surface area (Å²) in [6.45, 7) is 7.09. The van der Waals surface area contributed by atoms with Gasteiger partial charge in [0.25, 0.3) is 0 Å². The average molecular weight is 392 g/mol. The second-order valence-corrected chi connectivity index (χ2v) is 7.73. The van der Waals surface area contributed by atoms with E-state index in [0.717, 1.165) is 56.2 Å². The zero-order valence-electron chi connectivity index (χ0n) is 17.3. The Morgan fingerprint density at radius 2 is 1.69 bits per heavy atom. The molecule has 1 fully saturated rings. The molecule has 1 aromatic heterocycles. The number of imidazole rings is 1. The number of nitrogens with zero attached hydrogens (tertiary/aromatic N) is 4. The zero-order valence-corrected chi connectivity index (χ0v) is 17.3. The van der Waals surface area contributed by atoms with Crippen LogP contribution in [0.5, 0.6) is 0 Å². The number of hydrogen-bond acceptors (Lipinski definition) is 4. The van der Waals surface area contributed by atoms with Gasteiger partial charge in [-0.3, -0.25) is 14.6 Å². The Hall–Kier alpha value is -2.70. The van der Waals surface area contributed by atoms with E-state index in [0.29, 0.717) is 6.54 Å². The van der Waals surface area contributed by atoms with Gasteiger partial charge in [0.05, 0.1) is 24.1 Å². The van der Waals surface area contributed by atoms with Crippen molar-refractivity contribution >= 4 is 22.6 Å². The van der Waals surface area contributed by atoms with E-state index in [2.05, 4.69) is 64.0 Å². The Morgan fingerprint density at radius 3 is 2.38 bits per heavy atom. The number of amides is 1. The van der Waals surface area contributed by atoms with Crippen molar-refractivity contribution in [2.24, 2.45) is 7.05 Å².